The number of amides is 1. The van der Waals surface area contributed by atoms with Crippen LogP contribution in [-0.2, 0) is 24.3 Å². The molecule has 4 rings (SSSR count). The second-order valence-corrected chi connectivity index (χ2v) is 7.83. The molecule has 27 heavy (non-hydrogen) atoms. The Morgan fingerprint density at radius 1 is 1.07 bits per heavy atom. The minimum absolute atomic E-state index is 0.204. The first-order valence-corrected chi connectivity index (χ1v) is 10.0. The Morgan fingerprint density at radius 3 is 2.48 bits per heavy atom. The SMILES string of the molecule is COc1ccc(C[NH+]2CCC(C(=O)N3CCc4ccccc4C3)CC2)cc1. The summed E-state index contributed by atoms with van der Waals surface area (Å²) in [6, 6.07) is 16.9. The number of rotatable bonds is 4. The summed E-state index contributed by atoms with van der Waals surface area (Å²) >= 11 is 0. The highest BCUT2D eigenvalue weighted by Gasteiger charge is 2.31. The lowest BCUT2D eigenvalue weighted by atomic mass is 9.93. The van der Waals surface area contributed by atoms with Gasteiger partial charge in [-0.1, -0.05) is 24.3 Å². The van der Waals surface area contributed by atoms with E-state index in [2.05, 4.69) is 41.3 Å². The second-order valence-electron chi connectivity index (χ2n) is 7.83. The monoisotopic (exact) mass is 365 g/mol. The first-order chi connectivity index (χ1) is 13.2. The molecule has 2 heterocycles. The van der Waals surface area contributed by atoms with Gasteiger partial charge in [-0.25, -0.2) is 0 Å². The molecule has 0 atom stereocenters. The van der Waals surface area contributed by atoms with Crippen molar-refractivity contribution in [2.75, 3.05) is 26.7 Å². The lowest BCUT2D eigenvalue weighted by Crippen LogP contribution is -3.11. The predicted molar refractivity (Wildman–Crippen MR) is 106 cm³/mol. The average Bonchev–Trinajstić information content (AvgIpc) is 2.74. The predicted octanol–water partition coefficient (Wildman–Crippen LogP) is 2.08. The number of piperidine rings is 1. The Hall–Kier alpha value is -2.33. The summed E-state index contributed by atoms with van der Waals surface area (Å²) in [5.74, 6) is 1.48. The molecule has 2 aliphatic rings. The fourth-order valence-electron chi connectivity index (χ4n) is 4.42. The van der Waals surface area contributed by atoms with Gasteiger partial charge in [-0.15, -0.1) is 0 Å². The van der Waals surface area contributed by atoms with Crippen LogP contribution in [0.4, 0.5) is 0 Å². The van der Waals surface area contributed by atoms with Crippen molar-refractivity contribution in [2.24, 2.45) is 5.92 Å². The fraction of sp³-hybridized carbons (Fsp3) is 0.435. The zero-order valence-electron chi connectivity index (χ0n) is 16.1. The number of ether oxygens (including phenoxy) is 1. The van der Waals surface area contributed by atoms with E-state index in [1.807, 2.05) is 12.1 Å². The number of carbonyl (C=O) groups is 1. The first-order valence-electron chi connectivity index (χ1n) is 10.0. The molecule has 0 saturated carbocycles. The summed E-state index contributed by atoms with van der Waals surface area (Å²) in [5, 5.41) is 0. The van der Waals surface area contributed by atoms with Crippen LogP contribution < -0.4 is 9.64 Å². The Kier molecular flexibility index (Phi) is 5.44. The Balaban J connectivity index is 1.29. The molecule has 0 radical (unpaired) electrons. The molecule has 142 valence electrons. The molecule has 0 spiro atoms. The van der Waals surface area contributed by atoms with Crippen LogP contribution in [0.1, 0.15) is 29.5 Å². The summed E-state index contributed by atoms with van der Waals surface area (Å²) in [6.07, 6.45) is 2.99. The van der Waals surface area contributed by atoms with Crippen LogP contribution in [-0.4, -0.2) is 37.6 Å². The first kappa shape index (κ1) is 18.1. The third-order valence-electron chi connectivity index (χ3n) is 6.10. The third kappa shape index (κ3) is 4.16. The van der Waals surface area contributed by atoms with Gasteiger partial charge in [-0.2, -0.15) is 0 Å². The number of benzene rings is 2. The van der Waals surface area contributed by atoms with Crippen molar-refractivity contribution in [3.63, 3.8) is 0 Å². The molecule has 1 N–H and O–H groups in total. The van der Waals surface area contributed by atoms with E-state index in [9.17, 15) is 4.79 Å². The van der Waals surface area contributed by atoms with E-state index in [1.165, 1.54) is 16.7 Å². The Bertz CT molecular complexity index is 779. The number of carbonyl (C=O) groups excluding carboxylic acids is 1. The molecule has 0 aliphatic carbocycles. The molecule has 4 nitrogen and oxygen atoms in total. The van der Waals surface area contributed by atoms with Crippen molar-refractivity contribution in [1.29, 1.82) is 0 Å². The third-order valence-corrected chi connectivity index (χ3v) is 6.10. The lowest BCUT2D eigenvalue weighted by Gasteiger charge is -2.34. The van der Waals surface area contributed by atoms with Crippen LogP contribution in [0.2, 0.25) is 0 Å². The van der Waals surface area contributed by atoms with E-state index in [0.717, 1.165) is 57.7 Å². The number of hydrogen-bond acceptors (Lipinski definition) is 2. The normalized spacial score (nSPS) is 22.2. The number of methoxy groups -OCH3 is 1. The maximum Gasteiger partial charge on any atom is 0.226 e. The van der Waals surface area contributed by atoms with Crippen molar-refractivity contribution in [3.8, 4) is 5.75 Å². The van der Waals surface area contributed by atoms with Gasteiger partial charge in [0.2, 0.25) is 5.91 Å². The summed E-state index contributed by atoms with van der Waals surface area (Å²) in [6.45, 7) is 4.84. The van der Waals surface area contributed by atoms with E-state index >= 15 is 0 Å². The van der Waals surface area contributed by atoms with E-state index in [4.69, 9.17) is 4.74 Å². The van der Waals surface area contributed by atoms with Gasteiger partial charge in [0.15, 0.2) is 0 Å². The molecular formula is C23H29N2O2+. The number of nitrogens with zero attached hydrogens (tertiary/aromatic N) is 1. The van der Waals surface area contributed by atoms with Gasteiger partial charge in [0, 0.05) is 37.4 Å². The second kappa shape index (κ2) is 8.13. The van der Waals surface area contributed by atoms with Crippen LogP contribution in [0.3, 0.4) is 0 Å². The summed E-state index contributed by atoms with van der Waals surface area (Å²) in [5.41, 5.74) is 4.06. The fourth-order valence-corrected chi connectivity index (χ4v) is 4.42. The van der Waals surface area contributed by atoms with Crippen molar-refractivity contribution >= 4 is 5.91 Å². The molecule has 2 aliphatic heterocycles. The zero-order valence-corrected chi connectivity index (χ0v) is 16.1. The van der Waals surface area contributed by atoms with Gasteiger partial charge in [0.05, 0.1) is 20.2 Å². The van der Waals surface area contributed by atoms with Gasteiger partial charge in [-0.05, 0) is 41.8 Å². The molecule has 1 fully saturated rings. The molecule has 0 aromatic heterocycles. The molecule has 4 heteroatoms. The Morgan fingerprint density at radius 2 is 1.78 bits per heavy atom. The Labute approximate surface area is 161 Å². The highest BCUT2D eigenvalue weighted by molar-refractivity contribution is 5.79. The smallest absolute Gasteiger partial charge is 0.226 e. The maximum absolute atomic E-state index is 13.0. The van der Waals surface area contributed by atoms with E-state index in [0.29, 0.717) is 5.91 Å². The van der Waals surface area contributed by atoms with E-state index in [1.54, 1.807) is 12.0 Å². The van der Waals surface area contributed by atoms with Crippen LogP contribution in [0, 0.1) is 5.92 Å². The van der Waals surface area contributed by atoms with Crippen LogP contribution >= 0.6 is 0 Å². The highest BCUT2D eigenvalue weighted by atomic mass is 16.5. The average molecular weight is 365 g/mol. The standard InChI is InChI=1S/C23H28N2O2/c1-27-22-8-6-18(7-9-22)16-24-13-10-20(11-14-24)23(26)25-15-12-19-4-2-3-5-21(19)17-25/h2-9,20H,10-17H2,1H3/p+1. The topological polar surface area (TPSA) is 34.0 Å². The van der Waals surface area contributed by atoms with Gasteiger partial charge in [0.25, 0.3) is 0 Å². The quantitative estimate of drug-likeness (QED) is 0.900. The molecule has 2 aromatic carbocycles. The van der Waals surface area contributed by atoms with Crippen molar-refractivity contribution in [3.05, 3.63) is 65.2 Å². The number of fused-ring (bicyclic) bond motifs is 1. The van der Waals surface area contributed by atoms with E-state index < -0.39 is 0 Å². The number of quaternary nitrogens is 1. The van der Waals surface area contributed by atoms with Crippen molar-refractivity contribution in [1.82, 2.24) is 4.90 Å². The molecule has 1 saturated heterocycles. The summed E-state index contributed by atoms with van der Waals surface area (Å²) < 4.78 is 5.23. The lowest BCUT2D eigenvalue weighted by molar-refractivity contribution is -0.919. The maximum atomic E-state index is 13.0. The van der Waals surface area contributed by atoms with Gasteiger partial charge < -0.3 is 14.5 Å². The van der Waals surface area contributed by atoms with Crippen LogP contribution in [0.25, 0.3) is 0 Å². The van der Waals surface area contributed by atoms with E-state index in [-0.39, 0.29) is 5.92 Å². The van der Waals surface area contributed by atoms with Gasteiger partial charge in [0.1, 0.15) is 12.3 Å². The molecule has 2 aromatic rings. The minimum Gasteiger partial charge on any atom is -0.497 e. The molecule has 0 unspecified atom stereocenters. The number of hydrogen-bond donors (Lipinski definition) is 1. The van der Waals surface area contributed by atoms with Gasteiger partial charge in [-0.3, -0.25) is 4.79 Å². The highest BCUT2D eigenvalue weighted by Crippen LogP contribution is 2.22. The van der Waals surface area contributed by atoms with Crippen LogP contribution in [0.5, 0.6) is 5.75 Å². The molecular weight excluding hydrogens is 336 g/mol. The molecule has 0 bridgehead atoms. The van der Waals surface area contributed by atoms with Crippen LogP contribution in [0.15, 0.2) is 48.5 Å². The van der Waals surface area contributed by atoms with Crippen molar-refractivity contribution in [2.45, 2.75) is 32.4 Å². The largest absolute Gasteiger partial charge is 0.497 e. The zero-order chi connectivity index (χ0) is 18.6. The molecule has 1 amide bonds. The summed E-state index contributed by atoms with van der Waals surface area (Å²) in [7, 11) is 1.70. The number of nitrogens with one attached hydrogen (secondary N) is 1. The van der Waals surface area contributed by atoms with Crippen molar-refractivity contribution < 1.29 is 14.4 Å². The summed E-state index contributed by atoms with van der Waals surface area (Å²) in [4.78, 5) is 16.7. The van der Waals surface area contributed by atoms with Gasteiger partial charge >= 0.3 is 0 Å². The minimum atomic E-state index is 0.204. The number of likely N-dealkylation sites (tertiary alicyclic amines) is 1.